The Morgan fingerprint density at radius 3 is 2.96 bits per heavy atom. The van der Waals surface area contributed by atoms with Crippen molar-refractivity contribution in [3.63, 3.8) is 0 Å². The molecule has 2 aromatic rings. The highest BCUT2D eigenvalue weighted by Gasteiger charge is 2.20. The fourth-order valence-corrected chi connectivity index (χ4v) is 3.76. The Labute approximate surface area is 165 Å². The molecule has 1 atom stereocenters. The molecule has 0 aliphatic carbocycles. The number of nitrogens with one attached hydrogen (secondary N) is 3. The second-order valence-corrected chi connectivity index (χ2v) is 7.52. The lowest BCUT2D eigenvalue weighted by Gasteiger charge is -2.31. The number of hydrogen-bond donors (Lipinski definition) is 3. The molecule has 3 N–H and O–H groups in total. The molecule has 7 heteroatoms. The van der Waals surface area contributed by atoms with Gasteiger partial charge in [-0.25, -0.2) is 4.39 Å². The predicted molar refractivity (Wildman–Crippen MR) is 111 cm³/mol. The molecule has 0 saturated carbocycles. The Balaban J connectivity index is 1.40. The van der Waals surface area contributed by atoms with Gasteiger partial charge in [0.05, 0.1) is 0 Å². The summed E-state index contributed by atoms with van der Waals surface area (Å²) in [6.07, 6.45) is 5.49. The monoisotopic (exact) mass is 387 g/mol. The average molecular weight is 388 g/mol. The van der Waals surface area contributed by atoms with E-state index in [1.807, 2.05) is 11.1 Å². The van der Waals surface area contributed by atoms with Crippen LogP contribution in [-0.2, 0) is 11.2 Å². The minimum Gasteiger partial charge on any atom is -0.361 e. The number of likely N-dealkylation sites (tertiary alicyclic amines) is 1. The van der Waals surface area contributed by atoms with E-state index in [0.29, 0.717) is 31.4 Å². The quantitative estimate of drug-likeness (QED) is 0.527. The maximum atomic E-state index is 13.3. The highest BCUT2D eigenvalue weighted by molar-refractivity contribution is 5.84. The molecule has 152 valence electrons. The highest BCUT2D eigenvalue weighted by atomic mass is 19.1. The van der Waals surface area contributed by atoms with Gasteiger partial charge in [-0.2, -0.15) is 0 Å². The summed E-state index contributed by atoms with van der Waals surface area (Å²) >= 11 is 0. The van der Waals surface area contributed by atoms with Crippen LogP contribution < -0.4 is 10.6 Å². The molecular weight excluding hydrogens is 357 g/mol. The van der Waals surface area contributed by atoms with E-state index in [2.05, 4.69) is 27.5 Å². The number of fused-ring (bicyclic) bond motifs is 1. The summed E-state index contributed by atoms with van der Waals surface area (Å²) in [5.41, 5.74) is 1.94. The average Bonchev–Trinajstić information content (AvgIpc) is 3.08. The first-order chi connectivity index (χ1) is 13.6. The van der Waals surface area contributed by atoms with E-state index in [1.54, 1.807) is 13.1 Å². The molecule has 1 aliphatic rings. The number of guanidine groups is 1. The molecule has 1 aliphatic heterocycles. The third-order valence-corrected chi connectivity index (χ3v) is 5.28. The van der Waals surface area contributed by atoms with Crippen molar-refractivity contribution >= 4 is 22.8 Å². The number of carbonyl (C=O) groups excluding carboxylic acids is 1. The topological polar surface area (TPSA) is 72.5 Å². The number of carbonyl (C=O) groups is 1. The van der Waals surface area contributed by atoms with Gasteiger partial charge in [0.15, 0.2) is 5.96 Å². The Hall–Kier alpha value is -2.57. The first-order valence-corrected chi connectivity index (χ1v) is 10.0. The fraction of sp³-hybridized carbons (Fsp3) is 0.524. The van der Waals surface area contributed by atoms with Gasteiger partial charge in [-0.1, -0.05) is 6.92 Å². The van der Waals surface area contributed by atoms with E-state index in [4.69, 9.17) is 0 Å². The zero-order valence-electron chi connectivity index (χ0n) is 16.7. The van der Waals surface area contributed by atoms with Gasteiger partial charge in [0, 0.05) is 56.7 Å². The predicted octanol–water partition coefficient (Wildman–Crippen LogP) is 2.66. The van der Waals surface area contributed by atoms with Gasteiger partial charge < -0.3 is 20.5 Å². The standard InChI is InChI=1S/C21H30FN5O/c1-15-4-3-11-27(14-15)20(28)8-10-25-21(23-2)24-9-7-16-13-26-19-12-17(22)5-6-18(16)19/h5-6,12-13,15,26H,3-4,7-11,14H2,1-2H3,(H2,23,24,25). The van der Waals surface area contributed by atoms with Crippen molar-refractivity contribution in [2.75, 3.05) is 33.2 Å². The van der Waals surface area contributed by atoms with Crippen molar-refractivity contribution < 1.29 is 9.18 Å². The summed E-state index contributed by atoms with van der Waals surface area (Å²) in [5.74, 6) is 1.25. The Kier molecular flexibility index (Phi) is 6.90. The van der Waals surface area contributed by atoms with Gasteiger partial charge >= 0.3 is 0 Å². The summed E-state index contributed by atoms with van der Waals surface area (Å²) < 4.78 is 13.3. The summed E-state index contributed by atoms with van der Waals surface area (Å²) in [7, 11) is 1.72. The maximum absolute atomic E-state index is 13.3. The molecule has 28 heavy (non-hydrogen) atoms. The molecule has 1 aromatic carbocycles. The van der Waals surface area contributed by atoms with Crippen LogP contribution in [0.5, 0.6) is 0 Å². The van der Waals surface area contributed by atoms with Gasteiger partial charge in [-0.3, -0.25) is 9.79 Å². The van der Waals surface area contributed by atoms with E-state index in [-0.39, 0.29) is 11.7 Å². The van der Waals surface area contributed by atoms with Gasteiger partial charge in [-0.15, -0.1) is 0 Å². The Bertz CT molecular complexity index is 831. The maximum Gasteiger partial charge on any atom is 0.224 e. The number of benzene rings is 1. The van der Waals surface area contributed by atoms with E-state index in [0.717, 1.165) is 42.4 Å². The lowest BCUT2D eigenvalue weighted by atomic mass is 10.00. The normalized spacial score (nSPS) is 17.8. The molecule has 1 aromatic heterocycles. The molecule has 6 nitrogen and oxygen atoms in total. The van der Waals surface area contributed by atoms with Crippen molar-refractivity contribution in [3.05, 3.63) is 35.8 Å². The Morgan fingerprint density at radius 1 is 1.36 bits per heavy atom. The van der Waals surface area contributed by atoms with Crippen LogP contribution in [0, 0.1) is 11.7 Å². The van der Waals surface area contributed by atoms with Crippen molar-refractivity contribution in [2.45, 2.75) is 32.6 Å². The smallest absolute Gasteiger partial charge is 0.224 e. The summed E-state index contributed by atoms with van der Waals surface area (Å²) in [4.78, 5) is 21.6. The lowest BCUT2D eigenvalue weighted by molar-refractivity contribution is -0.132. The minimum absolute atomic E-state index is 0.209. The number of aromatic nitrogens is 1. The van der Waals surface area contributed by atoms with E-state index in [1.165, 1.54) is 18.6 Å². The van der Waals surface area contributed by atoms with Crippen LogP contribution in [-0.4, -0.2) is 55.0 Å². The summed E-state index contributed by atoms with van der Waals surface area (Å²) in [6, 6.07) is 4.79. The van der Waals surface area contributed by atoms with E-state index < -0.39 is 0 Å². The SMILES string of the molecule is CN=C(NCCC(=O)N1CCCC(C)C1)NCCc1c[nH]c2cc(F)ccc12. The number of rotatable bonds is 6. The minimum atomic E-state index is -0.239. The molecule has 0 spiro atoms. The van der Waals surface area contributed by atoms with Crippen LogP contribution in [0.1, 0.15) is 31.7 Å². The van der Waals surface area contributed by atoms with Crippen LogP contribution in [0.4, 0.5) is 4.39 Å². The molecule has 0 bridgehead atoms. The van der Waals surface area contributed by atoms with E-state index in [9.17, 15) is 9.18 Å². The molecule has 1 fully saturated rings. The second-order valence-electron chi connectivity index (χ2n) is 7.52. The largest absolute Gasteiger partial charge is 0.361 e. The number of piperidine rings is 1. The number of aliphatic imine (C=N–C) groups is 1. The lowest BCUT2D eigenvalue weighted by Crippen LogP contribution is -2.42. The van der Waals surface area contributed by atoms with Gasteiger partial charge in [0.2, 0.25) is 5.91 Å². The van der Waals surface area contributed by atoms with Crippen molar-refractivity contribution in [2.24, 2.45) is 10.9 Å². The van der Waals surface area contributed by atoms with Crippen LogP contribution in [0.15, 0.2) is 29.4 Å². The van der Waals surface area contributed by atoms with Crippen LogP contribution in [0.2, 0.25) is 0 Å². The molecule has 3 rings (SSSR count). The molecule has 1 unspecified atom stereocenters. The van der Waals surface area contributed by atoms with Gasteiger partial charge in [-0.05, 0) is 48.9 Å². The summed E-state index contributed by atoms with van der Waals surface area (Å²) in [5, 5.41) is 7.51. The van der Waals surface area contributed by atoms with Gasteiger partial charge in [0.25, 0.3) is 0 Å². The third kappa shape index (κ3) is 5.24. The fourth-order valence-electron chi connectivity index (χ4n) is 3.76. The highest BCUT2D eigenvalue weighted by Crippen LogP contribution is 2.19. The van der Waals surface area contributed by atoms with Crippen molar-refractivity contribution in [1.82, 2.24) is 20.5 Å². The molecule has 1 amide bonds. The second kappa shape index (κ2) is 9.57. The van der Waals surface area contributed by atoms with Crippen molar-refractivity contribution in [3.8, 4) is 0 Å². The van der Waals surface area contributed by atoms with Gasteiger partial charge in [0.1, 0.15) is 5.82 Å². The van der Waals surface area contributed by atoms with Crippen LogP contribution in [0.3, 0.4) is 0 Å². The Morgan fingerprint density at radius 2 is 2.18 bits per heavy atom. The van der Waals surface area contributed by atoms with Crippen molar-refractivity contribution in [1.29, 1.82) is 0 Å². The van der Waals surface area contributed by atoms with Crippen LogP contribution >= 0.6 is 0 Å². The zero-order chi connectivity index (χ0) is 19.9. The molecular formula is C21H30FN5O. The third-order valence-electron chi connectivity index (χ3n) is 5.28. The first kappa shape index (κ1) is 20.2. The van der Waals surface area contributed by atoms with E-state index >= 15 is 0 Å². The molecule has 1 saturated heterocycles. The number of nitrogens with zero attached hydrogens (tertiary/aromatic N) is 2. The number of hydrogen-bond acceptors (Lipinski definition) is 2. The van der Waals surface area contributed by atoms with Crippen LogP contribution in [0.25, 0.3) is 10.9 Å². The number of H-pyrrole nitrogens is 1. The molecule has 2 heterocycles. The summed E-state index contributed by atoms with van der Waals surface area (Å²) in [6.45, 7) is 5.22. The number of amides is 1. The first-order valence-electron chi connectivity index (χ1n) is 10.0. The zero-order valence-corrected chi connectivity index (χ0v) is 16.7. The number of halogens is 1. The molecule has 0 radical (unpaired) electrons. The number of aromatic amines is 1.